The summed E-state index contributed by atoms with van der Waals surface area (Å²) in [4.78, 5) is 4.50. The van der Waals surface area contributed by atoms with Crippen molar-refractivity contribution in [3.8, 4) is 0 Å². The molecule has 0 saturated heterocycles. The van der Waals surface area contributed by atoms with Crippen LogP contribution in [0.25, 0.3) is 0 Å². The highest BCUT2D eigenvalue weighted by Crippen LogP contribution is 2.21. The van der Waals surface area contributed by atoms with Crippen molar-refractivity contribution in [2.45, 2.75) is 17.4 Å². The molecule has 0 radical (unpaired) electrons. The topological polar surface area (TPSA) is 59.1 Å². The number of hydrogen-bond donors (Lipinski definition) is 1. The van der Waals surface area contributed by atoms with Crippen molar-refractivity contribution in [1.82, 2.24) is 10.3 Å². The van der Waals surface area contributed by atoms with E-state index in [9.17, 15) is 8.42 Å². The normalized spacial score (nSPS) is 13.1. The second-order valence-electron chi connectivity index (χ2n) is 4.90. The lowest BCUT2D eigenvalue weighted by Gasteiger charge is -2.17. The largest absolute Gasteiger partial charge is 0.313 e. The molecule has 4 nitrogen and oxygen atoms in total. The first kappa shape index (κ1) is 16.1. The molecule has 6 heteroatoms. The van der Waals surface area contributed by atoms with Gasteiger partial charge in [0, 0.05) is 29.2 Å². The van der Waals surface area contributed by atoms with Gasteiger partial charge in [0.25, 0.3) is 0 Å². The standard InChI is InChI=1S/C15H17BrN2O2S/c1-17-15(8-11-7-13(16)10-18-9-11)12-3-5-14(6-4-12)21(2,19)20/h3-7,9-10,15,17H,8H2,1-2H3. The van der Waals surface area contributed by atoms with Crippen molar-refractivity contribution in [3.05, 3.63) is 58.3 Å². The monoisotopic (exact) mass is 368 g/mol. The predicted molar refractivity (Wildman–Crippen MR) is 87.0 cm³/mol. The van der Waals surface area contributed by atoms with Crippen LogP contribution in [-0.2, 0) is 16.3 Å². The van der Waals surface area contributed by atoms with E-state index in [4.69, 9.17) is 0 Å². The highest BCUT2D eigenvalue weighted by Gasteiger charge is 2.12. The average Bonchev–Trinajstić information content (AvgIpc) is 2.44. The average molecular weight is 369 g/mol. The molecule has 1 aromatic heterocycles. The molecule has 1 heterocycles. The molecule has 0 aliphatic carbocycles. The van der Waals surface area contributed by atoms with E-state index in [0.717, 1.165) is 22.0 Å². The van der Waals surface area contributed by atoms with Gasteiger partial charge >= 0.3 is 0 Å². The van der Waals surface area contributed by atoms with Crippen molar-refractivity contribution in [1.29, 1.82) is 0 Å². The molecular weight excluding hydrogens is 352 g/mol. The Morgan fingerprint density at radius 3 is 2.43 bits per heavy atom. The van der Waals surface area contributed by atoms with E-state index < -0.39 is 9.84 Å². The highest BCUT2D eigenvalue weighted by molar-refractivity contribution is 9.10. The fraction of sp³-hybridized carbons (Fsp3) is 0.267. The zero-order valence-corrected chi connectivity index (χ0v) is 14.3. The van der Waals surface area contributed by atoms with Crippen molar-refractivity contribution in [2.24, 2.45) is 0 Å². The Hall–Kier alpha value is -1.24. The molecule has 0 fully saturated rings. The number of likely N-dealkylation sites (N-methyl/N-ethyl adjacent to an activating group) is 1. The number of hydrogen-bond acceptors (Lipinski definition) is 4. The van der Waals surface area contributed by atoms with Crippen LogP contribution in [0.3, 0.4) is 0 Å². The summed E-state index contributed by atoms with van der Waals surface area (Å²) < 4.78 is 23.9. The van der Waals surface area contributed by atoms with Crippen LogP contribution in [0.4, 0.5) is 0 Å². The predicted octanol–water partition coefficient (Wildman–Crippen LogP) is 2.75. The van der Waals surface area contributed by atoms with E-state index in [1.807, 2.05) is 31.4 Å². The Kier molecular flexibility index (Phi) is 5.13. The number of aromatic nitrogens is 1. The fourth-order valence-electron chi connectivity index (χ4n) is 2.14. The summed E-state index contributed by atoms with van der Waals surface area (Å²) >= 11 is 3.41. The van der Waals surface area contributed by atoms with Gasteiger partial charge in [-0.3, -0.25) is 4.98 Å². The van der Waals surface area contributed by atoms with E-state index >= 15 is 0 Å². The molecule has 0 amide bonds. The van der Waals surface area contributed by atoms with Crippen molar-refractivity contribution in [2.75, 3.05) is 13.3 Å². The number of halogens is 1. The van der Waals surface area contributed by atoms with Gasteiger partial charge in [0.2, 0.25) is 0 Å². The molecule has 0 aliphatic heterocycles. The van der Waals surface area contributed by atoms with Gasteiger partial charge in [-0.2, -0.15) is 0 Å². The van der Waals surface area contributed by atoms with Crippen molar-refractivity contribution >= 4 is 25.8 Å². The number of nitrogens with one attached hydrogen (secondary N) is 1. The molecule has 0 saturated carbocycles. The lowest BCUT2D eigenvalue weighted by Crippen LogP contribution is -2.19. The molecule has 0 aliphatic rings. The third-order valence-electron chi connectivity index (χ3n) is 3.26. The molecule has 1 unspecified atom stereocenters. The van der Waals surface area contributed by atoms with E-state index in [2.05, 4.69) is 26.2 Å². The maximum absolute atomic E-state index is 11.5. The smallest absolute Gasteiger partial charge is 0.175 e. The maximum atomic E-state index is 11.5. The lowest BCUT2D eigenvalue weighted by molar-refractivity contribution is 0.589. The third-order valence-corrected chi connectivity index (χ3v) is 4.82. The van der Waals surface area contributed by atoms with E-state index in [0.29, 0.717) is 4.90 Å². The van der Waals surface area contributed by atoms with Crippen LogP contribution in [0.1, 0.15) is 17.2 Å². The Labute approximate surface area is 133 Å². The van der Waals surface area contributed by atoms with Gasteiger partial charge in [0.1, 0.15) is 0 Å². The van der Waals surface area contributed by atoms with Crippen LogP contribution >= 0.6 is 15.9 Å². The van der Waals surface area contributed by atoms with Crippen LogP contribution in [0.15, 0.2) is 52.1 Å². The molecule has 112 valence electrons. The Morgan fingerprint density at radius 2 is 1.90 bits per heavy atom. The van der Waals surface area contributed by atoms with E-state index in [1.165, 1.54) is 6.26 Å². The summed E-state index contributed by atoms with van der Waals surface area (Å²) in [5, 5.41) is 3.25. The lowest BCUT2D eigenvalue weighted by atomic mass is 10.0. The number of benzene rings is 1. The first-order chi connectivity index (χ1) is 9.90. The molecule has 0 spiro atoms. The Balaban J connectivity index is 2.21. The molecule has 0 bridgehead atoms. The zero-order chi connectivity index (χ0) is 15.5. The van der Waals surface area contributed by atoms with Crippen LogP contribution in [-0.4, -0.2) is 26.7 Å². The summed E-state index contributed by atoms with van der Waals surface area (Å²) in [7, 11) is -1.26. The SMILES string of the molecule is CNC(Cc1cncc(Br)c1)c1ccc(S(C)(=O)=O)cc1. The Bertz CT molecular complexity index is 715. The van der Waals surface area contributed by atoms with Crippen LogP contribution < -0.4 is 5.32 Å². The molecule has 2 aromatic rings. The Morgan fingerprint density at radius 1 is 1.24 bits per heavy atom. The number of rotatable bonds is 5. The van der Waals surface area contributed by atoms with Gasteiger partial charge in [-0.15, -0.1) is 0 Å². The number of sulfone groups is 1. The third kappa shape index (κ3) is 4.36. The quantitative estimate of drug-likeness (QED) is 0.881. The second kappa shape index (κ2) is 6.68. The first-order valence-electron chi connectivity index (χ1n) is 6.47. The summed E-state index contributed by atoms with van der Waals surface area (Å²) in [6.45, 7) is 0. The van der Waals surface area contributed by atoms with Gasteiger partial charge in [0.05, 0.1) is 4.90 Å². The molecule has 21 heavy (non-hydrogen) atoms. The minimum atomic E-state index is -3.15. The zero-order valence-electron chi connectivity index (χ0n) is 11.9. The van der Waals surface area contributed by atoms with Crippen molar-refractivity contribution < 1.29 is 8.42 Å². The van der Waals surface area contributed by atoms with Crippen LogP contribution in [0, 0.1) is 0 Å². The maximum Gasteiger partial charge on any atom is 0.175 e. The molecule has 2 rings (SSSR count). The second-order valence-corrected chi connectivity index (χ2v) is 7.83. The van der Waals surface area contributed by atoms with Gasteiger partial charge in [-0.05, 0) is 58.7 Å². The summed E-state index contributed by atoms with van der Waals surface area (Å²) in [6, 6.07) is 9.13. The molecular formula is C15H17BrN2O2S. The van der Waals surface area contributed by atoms with E-state index in [-0.39, 0.29) is 6.04 Å². The minimum Gasteiger partial charge on any atom is -0.313 e. The molecule has 1 aromatic carbocycles. The van der Waals surface area contributed by atoms with Gasteiger partial charge in [-0.25, -0.2) is 8.42 Å². The number of pyridine rings is 1. The fourth-order valence-corrected chi connectivity index (χ4v) is 3.18. The molecule has 1 atom stereocenters. The summed E-state index contributed by atoms with van der Waals surface area (Å²) in [6.07, 6.45) is 5.57. The van der Waals surface area contributed by atoms with Gasteiger partial charge in [0.15, 0.2) is 9.84 Å². The van der Waals surface area contributed by atoms with Gasteiger partial charge in [-0.1, -0.05) is 12.1 Å². The van der Waals surface area contributed by atoms with Crippen LogP contribution in [0.5, 0.6) is 0 Å². The van der Waals surface area contributed by atoms with E-state index in [1.54, 1.807) is 18.3 Å². The molecule has 1 N–H and O–H groups in total. The van der Waals surface area contributed by atoms with Crippen molar-refractivity contribution in [3.63, 3.8) is 0 Å². The summed E-state index contributed by atoms with van der Waals surface area (Å²) in [5.41, 5.74) is 2.15. The van der Waals surface area contributed by atoms with Crippen LogP contribution in [0.2, 0.25) is 0 Å². The minimum absolute atomic E-state index is 0.106. The first-order valence-corrected chi connectivity index (χ1v) is 9.15. The van der Waals surface area contributed by atoms with Gasteiger partial charge < -0.3 is 5.32 Å². The number of nitrogens with zero attached hydrogens (tertiary/aromatic N) is 1. The summed E-state index contributed by atoms with van der Waals surface area (Å²) in [5.74, 6) is 0. The highest BCUT2D eigenvalue weighted by atomic mass is 79.9.